The van der Waals surface area contributed by atoms with Gasteiger partial charge in [0.1, 0.15) is 0 Å². The van der Waals surface area contributed by atoms with Gasteiger partial charge in [-0.15, -0.1) is 0 Å². The molecule has 0 heterocycles. The van der Waals surface area contributed by atoms with Gasteiger partial charge in [0.2, 0.25) is 0 Å². The second-order valence-corrected chi connectivity index (χ2v) is 6.87. The second kappa shape index (κ2) is 22.9. The predicted octanol–water partition coefficient (Wildman–Crippen LogP) is 8.39. The first-order valence-electron chi connectivity index (χ1n) is 8.76. The number of hydrogen-bond donors (Lipinski definition) is 0. The Kier molecular flexibility index (Phi) is 34.9. The largest absolute Gasteiger partial charge is 4.00 e. The third kappa shape index (κ3) is 17.5. The van der Waals surface area contributed by atoms with Crippen molar-refractivity contribution in [2.24, 2.45) is 17.8 Å². The zero-order valence-electron chi connectivity index (χ0n) is 17.7. The summed E-state index contributed by atoms with van der Waals surface area (Å²) in [4.78, 5) is 0. The topological polar surface area (TPSA) is 0 Å². The molecule has 140 valence electrons. The third-order valence-corrected chi connectivity index (χ3v) is 4.94. The van der Waals surface area contributed by atoms with Crippen LogP contribution in [0.2, 0.25) is 0 Å². The van der Waals surface area contributed by atoms with Crippen LogP contribution in [0.3, 0.4) is 0 Å². The quantitative estimate of drug-likeness (QED) is 0.268. The maximum atomic E-state index is 2.39. The van der Waals surface area contributed by atoms with E-state index in [9.17, 15) is 0 Å². The minimum atomic E-state index is 0. The Morgan fingerprint density at radius 1 is 0.696 bits per heavy atom. The predicted molar refractivity (Wildman–Crippen MR) is 109 cm³/mol. The molecule has 23 heavy (non-hydrogen) atoms. The van der Waals surface area contributed by atoms with Crippen molar-refractivity contribution in [3.8, 4) is 0 Å². The van der Waals surface area contributed by atoms with E-state index in [2.05, 4.69) is 20.8 Å². The smallest absolute Gasteiger partial charge is 0.358 e. The molecule has 2 rings (SSSR count). The first kappa shape index (κ1) is 35.1. The maximum Gasteiger partial charge on any atom is 4.00 e. The van der Waals surface area contributed by atoms with Crippen LogP contribution >= 0.6 is 0 Å². The average molecular weight is 491 g/mol. The van der Waals surface area contributed by atoms with Crippen molar-refractivity contribution in [1.82, 2.24) is 0 Å². The molecule has 0 radical (unpaired) electrons. The Balaban J connectivity index is -0.0000000782. The Bertz CT molecular complexity index is 184. The van der Waals surface area contributed by atoms with Crippen LogP contribution in [0, 0.1) is 47.5 Å². The Morgan fingerprint density at radius 3 is 1.65 bits per heavy atom. The van der Waals surface area contributed by atoms with Crippen LogP contribution < -0.4 is 0 Å². The summed E-state index contributed by atoms with van der Waals surface area (Å²) in [6.07, 6.45) is 17.8. The molecule has 2 atom stereocenters. The van der Waals surface area contributed by atoms with Crippen molar-refractivity contribution < 1.29 is 25.8 Å². The van der Waals surface area contributed by atoms with Crippen molar-refractivity contribution in [2.75, 3.05) is 0 Å². The van der Waals surface area contributed by atoms with E-state index in [1.165, 1.54) is 77.0 Å². The molecule has 0 aromatic carbocycles. The summed E-state index contributed by atoms with van der Waals surface area (Å²) in [5.74, 6) is 3.23. The van der Waals surface area contributed by atoms with Crippen LogP contribution in [-0.4, -0.2) is 0 Å². The molecule has 0 amide bonds. The van der Waals surface area contributed by atoms with E-state index < -0.39 is 0 Å². The maximum absolute atomic E-state index is 2.39. The first-order valence-corrected chi connectivity index (χ1v) is 8.76. The summed E-state index contributed by atoms with van der Waals surface area (Å²) in [5.41, 5.74) is 0. The number of rotatable bonds is 5. The van der Waals surface area contributed by atoms with Gasteiger partial charge < -0.3 is 29.7 Å². The fourth-order valence-electron chi connectivity index (χ4n) is 3.79. The molecule has 2 saturated carbocycles. The van der Waals surface area contributed by atoms with E-state index in [-0.39, 0.29) is 55.5 Å². The molecule has 0 saturated heterocycles. The standard InChI is InChI=1S/C10H20.C8H16.4CH3.Hf/c1-3-4-5-10-7-6-9(2)8-10;1-2-5-8-6-3-4-7-8;;;;;/h9-10H,3-8H2,1-2H3;8H,2-7H2,1H3;4*1H3;/q;;4*-1;+4. The van der Waals surface area contributed by atoms with E-state index in [0.29, 0.717) is 0 Å². The van der Waals surface area contributed by atoms with Crippen LogP contribution in [0.5, 0.6) is 0 Å². The van der Waals surface area contributed by atoms with Crippen LogP contribution in [0.1, 0.15) is 97.8 Å². The fourth-order valence-corrected chi connectivity index (χ4v) is 3.79. The van der Waals surface area contributed by atoms with Gasteiger partial charge in [0, 0.05) is 0 Å². The molecule has 2 aliphatic carbocycles. The molecule has 0 N–H and O–H groups in total. The average Bonchev–Trinajstić information content (AvgIpc) is 3.00. The van der Waals surface area contributed by atoms with Crippen LogP contribution in [0.25, 0.3) is 0 Å². The molecule has 0 aliphatic heterocycles. The molecule has 0 aromatic heterocycles. The Hall–Kier alpha value is 0.870. The van der Waals surface area contributed by atoms with Gasteiger partial charge in [0.25, 0.3) is 0 Å². The van der Waals surface area contributed by atoms with Crippen molar-refractivity contribution in [1.29, 1.82) is 0 Å². The summed E-state index contributed by atoms with van der Waals surface area (Å²) >= 11 is 0. The number of unbranched alkanes of at least 4 members (excludes halogenated alkanes) is 1. The second-order valence-electron chi connectivity index (χ2n) is 6.87. The molecule has 0 nitrogen and oxygen atoms in total. The molecule has 1 heteroatoms. The van der Waals surface area contributed by atoms with Gasteiger partial charge in [0.05, 0.1) is 0 Å². The Labute approximate surface area is 170 Å². The van der Waals surface area contributed by atoms with Crippen molar-refractivity contribution >= 4 is 0 Å². The summed E-state index contributed by atoms with van der Waals surface area (Å²) in [6.45, 7) is 6.97. The minimum absolute atomic E-state index is 0. The van der Waals surface area contributed by atoms with Gasteiger partial charge in [-0.2, -0.15) is 0 Å². The molecule has 0 aromatic rings. The Morgan fingerprint density at radius 2 is 1.26 bits per heavy atom. The summed E-state index contributed by atoms with van der Waals surface area (Å²) < 4.78 is 0. The van der Waals surface area contributed by atoms with E-state index in [4.69, 9.17) is 0 Å². The van der Waals surface area contributed by atoms with Crippen molar-refractivity contribution in [3.05, 3.63) is 29.7 Å². The summed E-state index contributed by atoms with van der Waals surface area (Å²) in [7, 11) is 0. The fraction of sp³-hybridized carbons (Fsp3) is 0.818. The minimum Gasteiger partial charge on any atom is -0.358 e. The van der Waals surface area contributed by atoms with Gasteiger partial charge >= 0.3 is 25.8 Å². The van der Waals surface area contributed by atoms with Crippen LogP contribution in [0.15, 0.2) is 0 Å². The normalized spacial score (nSPS) is 22.0. The molecule has 0 spiro atoms. The van der Waals surface area contributed by atoms with Gasteiger partial charge in [0.15, 0.2) is 0 Å². The number of hydrogen-bond acceptors (Lipinski definition) is 0. The summed E-state index contributed by atoms with van der Waals surface area (Å²) in [6, 6.07) is 0. The zero-order valence-corrected chi connectivity index (χ0v) is 21.3. The first-order chi connectivity index (χ1) is 8.76. The van der Waals surface area contributed by atoms with Crippen molar-refractivity contribution in [3.63, 3.8) is 0 Å². The molecule has 2 unspecified atom stereocenters. The molecular weight excluding hydrogens is 443 g/mol. The van der Waals surface area contributed by atoms with Gasteiger partial charge in [-0.1, -0.05) is 91.4 Å². The van der Waals surface area contributed by atoms with Gasteiger partial charge in [-0.05, 0) is 24.2 Å². The molecule has 0 bridgehead atoms. The monoisotopic (exact) mass is 492 g/mol. The van der Waals surface area contributed by atoms with Crippen molar-refractivity contribution in [2.45, 2.75) is 97.8 Å². The summed E-state index contributed by atoms with van der Waals surface area (Å²) in [5, 5.41) is 0. The van der Waals surface area contributed by atoms with E-state index in [1.54, 1.807) is 0 Å². The van der Waals surface area contributed by atoms with Crippen LogP contribution in [0.4, 0.5) is 0 Å². The van der Waals surface area contributed by atoms with Gasteiger partial charge in [-0.25, -0.2) is 0 Å². The van der Waals surface area contributed by atoms with E-state index in [0.717, 1.165) is 17.8 Å². The van der Waals surface area contributed by atoms with E-state index >= 15 is 0 Å². The SMILES string of the molecule is CCCC1CCCC1.CCCCC1CCC(C)C1.[CH3-].[CH3-].[CH3-].[CH3-].[Hf+4]. The molecular formula is C22H48Hf. The molecule has 2 fully saturated rings. The van der Waals surface area contributed by atoms with Crippen LogP contribution in [-0.2, 0) is 25.8 Å². The zero-order chi connectivity index (χ0) is 13.2. The molecule has 2 aliphatic rings. The van der Waals surface area contributed by atoms with E-state index in [1.807, 2.05) is 0 Å². The third-order valence-electron chi connectivity index (χ3n) is 4.94. The van der Waals surface area contributed by atoms with Gasteiger partial charge in [-0.3, -0.25) is 0 Å².